The van der Waals surface area contributed by atoms with Crippen molar-refractivity contribution in [2.75, 3.05) is 0 Å². The second kappa shape index (κ2) is 3.11. The maximum absolute atomic E-state index is 6.30. The lowest BCUT2D eigenvalue weighted by molar-refractivity contribution is 0.741. The van der Waals surface area contributed by atoms with Gasteiger partial charge in [-0.2, -0.15) is 0 Å². The lowest BCUT2D eigenvalue weighted by Gasteiger charge is -2.06. The first-order valence-electron chi connectivity index (χ1n) is 6.01. The molecule has 1 aromatic heterocycles. The van der Waals surface area contributed by atoms with Crippen LogP contribution in [0, 0.1) is 0 Å². The molecule has 1 aliphatic carbocycles. The molecule has 2 heteroatoms. The number of aromatic nitrogens is 1. The van der Waals surface area contributed by atoms with Gasteiger partial charge in [-0.25, -0.2) is 0 Å². The molecule has 0 aliphatic heterocycles. The molecule has 2 aromatic rings. The van der Waals surface area contributed by atoms with Crippen LogP contribution < -0.4 is 5.73 Å². The Bertz CT molecular complexity index is 547. The third-order valence-corrected chi connectivity index (χ3v) is 3.79. The Morgan fingerprint density at radius 3 is 2.75 bits per heavy atom. The molecule has 0 radical (unpaired) electrons. The van der Waals surface area contributed by atoms with Gasteiger partial charge in [0.05, 0.1) is 0 Å². The molecular formula is C14H18N2. The molecule has 1 heterocycles. The summed E-state index contributed by atoms with van der Waals surface area (Å²) in [6, 6.07) is 6.73. The van der Waals surface area contributed by atoms with Crippen LogP contribution in [0.25, 0.3) is 10.9 Å². The summed E-state index contributed by atoms with van der Waals surface area (Å²) in [7, 11) is 2.11. The molecule has 2 nitrogen and oxygen atoms in total. The molecule has 1 aromatic carbocycles. The van der Waals surface area contributed by atoms with E-state index in [4.69, 9.17) is 5.73 Å². The normalized spacial score (nSPS) is 17.9. The van der Waals surface area contributed by atoms with Gasteiger partial charge < -0.3 is 10.3 Å². The van der Waals surface area contributed by atoms with Gasteiger partial charge in [0.25, 0.3) is 0 Å². The van der Waals surface area contributed by atoms with Crippen molar-refractivity contribution in [3.05, 3.63) is 35.5 Å². The lowest BCUT2D eigenvalue weighted by atomic mass is 10.0. The van der Waals surface area contributed by atoms with E-state index in [1.165, 1.54) is 22.0 Å². The number of rotatable bonds is 2. The minimum atomic E-state index is -0.0345. The zero-order valence-electron chi connectivity index (χ0n) is 9.96. The molecular weight excluding hydrogens is 196 g/mol. The van der Waals surface area contributed by atoms with Crippen LogP contribution in [0.4, 0.5) is 0 Å². The largest absolute Gasteiger partial charge is 0.350 e. The fourth-order valence-electron chi connectivity index (χ4n) is 2.45. The lowest BCUT2D eigenvalue weighted by Crippen LogP contribution is -2.18. The van der Waals surface area contributed by atoms with Crippen molar-refractivity contribution < 1.29 is 0 Å². The maximum Gasteiger partial charge on any atom is 0.0484 e. The number of benzene rings is 1. The van der Waals surface area contributed by atoms with Crippen LogP contribution in [0.15, 0.2) is 24.4 Å². The summed E-state index contributed by atoms with van der Waals surface area (Å²) in [5.41, 5.74) is 10.3. The number of aryl methyl sites for hydroxylation is 2. The monoisotopic (exact) mass is 214 g/mol. The van der Waals surface area contributed by atoms with E-state index in [1.54, 1.807) is 0 Å². The van der Waals surface area contributed by atoms with Gasteiger partial charge in [-0.15, -0.1) is 0 Å². The van der Waals surface area contributed by atoms with Crippen molar-refractivity contribution in [3.8, 4) is 0 Å². The third-order valence-electron chi connectivity index (χ3n) is 3.79. The first kappa shape index (κ1) is 9.91. The van der Waals surface area contributed by atoms with Gasteiger partial charge in [-0.3, -0.25) is 0 Å². The quantitative estimate of drug-likeness (QED) is 0.818. The van der Waals surface area contributed by atoms with Gasteiger partial charge in [0.2, 0.25) is 0 Å². The molecule has 0 amide bonds. The van der Waals surface area contributed by atoms with Crippen LogP contribution in [-0.2, 0) is 19.0 Å². The molecule has 1 saturated carbocycles. The molecule has 0 saturated heterocycles. The van der Waals surface area contributed by atoms with Crippen molar-refractivity contribution in [2.45, 2.75) is 31.7 Å². The average Bonchev–Trinajstić information content (AvgIpc) is 2.95. The number of nitrogens with two attached hydrogens (primary N) is 1. The Kier molecular flexibility index (Phi) is 1.93. The highest BCUT2D eigenvalue weighted by molar-refractivity contribution is 5.86. The van der Waals surface area contributed by atoms with Gasteiger partial charge in [0, 0.05) is 29.7 Å². The smallest absolute Gasteiger partial charge is 0.0484 e. The Morgan fingerprint density at radius 2 is 2.12 bits per heavy atom. The highest BCUT2D eigenvalue weighted by Gasteiger charge is 2.41. The second-order valence-electron chi connectivity index (χ2n) is 5.01. The van der Waals surface area contributed by atoms with Gasteiger partial charge in [-0.05, 0) is 36.5 Å². The first-order chi connectivity index (χ1) is 7.64. The van der Waals surface area contributed by atoms with Crippen LogP contribution >= 0.6 is 0 Å². The molecule has 0 spiro atoms. The molecule has 0 atom stereocenters. The van der Waals surface area contributed by atoms with Crippen LogP contribution in [0.5, 0.6) is 0 Å². The summed E-state index contributed by atoms with van der Waals surface area (Å²) >= 11 is 0. The minimum absolute atomic E-state index is 0.0345. The summed E-state index contributed by atoms with van der Waals surface area (Å²) in [6.45, 7) is 2.19. The Morgan fingerprint density at radius 1 is 1.38 bits per heavy atom. The van der Waals surface area contributed by atoms with Gasteiger partial charge in [-0.1, -0.05) is 19.1 Å². The topological polar surface area (TPSA) is 30.9 Å². The van der Waals surface area contributed by atoms with Crippen molar-refractivity contribution in [1.82, 2.24) is 4.57 Å². The van der Waals surface area contributed by atoms with Gasteiger partial charge >= 0.3 is 0 Å². The average molecular weight is 214 g/mol. The van der Waals surface area contributed by atoms with Crippen molar-refractivity contribution >= 4 is 10.9 Å². The van der Waals surface area contributed by atoms with E-state index in [0.29, 0.717) is 0 Å². The van der Waals surface area contributed by atoms with Gasteiger partial charge in [0.15, 0.2) is 0 Å². The van der Waals surface area contributed by atoms with E-state index < -0.39 is 0 Å². The molecule has 16 heavy (non-hydrogen) atoms. The third kappa shape index (κ3) is 1.30. The van der Waals surface area contributed by atoms with E-state index in [2.05, 4.69) is 42.9 Å². The molecule has 84 valence electrons. The zero-order chi connectivity index (χ0) is 11.3. The van der Waals surface area contributed by atoms with Crippen molar-refractivity contribution in [3.63, 3.8) is 0 Å². The first-order valence-corrected chi connectivity index (χ1v) is 6.01. The standard InChI is InChI=1S/C14H18N2/c1-3-10-4-5-11-12(14(15)6-7-14)9-16(2)13(11)8-10/h4-5,8-9H,3,6-7,15H2,1-2H3. The minimum Gasteiger partial charge on any atom is -0.350 e. The summed E-state index contributed by atoms with van der Waals surface area (Å²) in [4.78, 5) is 0. The summed E-state index contributed by atoms with van der Waals surface area (Å²) in [5.74, 6) is 0. The SMILES string of the molecule is CCc1ccc2c(C3(N)CC3)cn(C)c2c1. The van der Waals surface area contributed by atoms with E-state index >= 15 is 0 Å². The zero-order valence-corrected chi connectivity index (χ0v) is 9.96. The molecule has 0 unspecified atom stereocenters. The Labute approximate surface area is 96.1 Å². The highest BCUT2D eigenvalue weighted by Crippen LogP contribution is 2.45. The molecule has 2 N–H and O–H groups in total. The number of hydrogen-bond donors (Lipinski definition) is 1. The van der Waals surface area contributed by atoms with E-state index in [0.717, 1.165) is 19.3 Å². The Balaban J connectivity index is 2.25. The molecule has 0 bridgehead atoms. The van der Waals surface area contributed by atoms with Crippen LogP contribution in [0.2, 0.25) is 0 Å². The fraction of sp³-hybridized carbons (Fsp3) is 0.429. The van der Waals surface area contributed by atoms with Crippen LogP contribution in [-0.4, -0.2) is 4.57 Å². The predicted molar refractivity (Wildman–Crippen MR) is 67.4 cm³/mol. The number of fused-ring (bicyclic) bond motifs is 1. The summed E-state index contributed by atoms with van der Waals surface area (Å²) < 4.78 is 2.21. The number of hydrogen-bond acceptors (Lipinski definition) is 1. The summed E-state index contributed by atoms with van der Waals surface area (Å²) in [6.07, 6.45) is 5.55. The second-order valence-corrected chi connectivity index (χ2v) is 5.01. The van der Waals surface area contributed by atoms with E-state index in [9.17, 15) is 0 Å². The Hall–Kier alpha value is -1.28. The van der Waals surface area contributed by atoms with Crippen molar-refractivity contribution in [1.29, 1.82) is 0 Å². The highest BCUT2D eigenvalue weighted by atomic mass is 14.9. The van der Waals surface area contributed by atoms with Crippen LogP contribution in [0.1, 0.15) is 30.9 Å². The fourth-order valence-corrected chi connectivity index (χ4v) is 2.45. The maximum atomic E-state index is 6.30. The van der Waals surface area contributed by atoms with E-state index in [1.807, 2.05) is 0 Å². The van der Waals surface area contributed by atoms with Crippen LogP contribution in [0.3, 0.4) is 0 Å². The van der Waals surface area contributed by atoms with Gasteiger partial charge in [0.1, 0.15) is 0 Å². The molecule has 1 fully saturated rings. The van der Waals surface area contributed by atoms with E-state index in [-0.39, 0.29) is 5.54 Å². The predicted octanol–water partition coefficient (Wildman–Crippen LogP) is 2.69. The summed E-state index contributed by atoms with van der Waals surface area (Å²) in [5, 5.41) is 1.33. The molecule has 1 aliphatic rings. The molecule has 3 rings (SSSR count). The number of nitrogens with zero attached hydrogens (tertiary/aromatic N) is 1. The van der Waals surface area contributed by atoms with Crippen molar-refractivity contribution in [2.24, 2.45) is 12.8 Å².